The zero-order valence-corrected chi connectivity index (χ0v) is 21.0. The molecule has 10 nitrogen and oxygen atoms in total. The number of nitrogens with two attached hydrogens (primary N) is 1. The molecular weight excluding hydrogens is 486 g/mol. The molecular formula is C25H28ClN5O5. The Kier molecular flexibility index (Phi) is 7.07. The van der Waals surface area contributed by atoms with Gasteiger partial charge in [-0.2, -0.15) is 5.10 Å². The van der Waals surface area contributed by atoms with Crippen LogP contribution in [0.3, 0.4) is 0 Å². The molecule has 0 unspecified atom stereocenters. The maximum atomic E-state index is 12.4. The minimum Gasteiger partial charge on any atom is -0.478 e. The molecule has 0 atom stereocenters. The third-order valence-corrected chi connectivity index (χ3v) is 6.02. The van der Waals surface area contributed by atoms with Crippen LogP contribution in [0.25, 0.3) is 11.1 Å². The summed E-state index contributed by atoms with van der Waals surface area (Å²) in [4.78, 5) is 29.9. The van der Waals surface area contributed by atoms with E-state index in [0.717, 1.165) is 18.4 Å². The lowest BCUT2D eigenvalue weighted by Crippen LogP contribution is -2.42. The van der Waals surface area contributed by atoms with Gasteiger partial charge >= 0.3 is 12.1 Å². The van der Waals surface area contributed by atoms with Crippen LogP contribution in [0.2, 0.25) is 5.02 Å². The zero-order chi connectivity index (χ0) is 26.0. The van der Waals surface area contributed by atoms with Crippen molar-refractivity contribution in [2.45, 2.75) is 45.3 Å². The van der Waals surface area contributed by atoms with Crippen molar-refractivity contribution >= 4 is 29.5 Å². The number of aromatic carboxylic acids is 1. The van der Waals surface area contributed by atoms with Crippen molar-refractivity contribution < 1.29 is 24.2 Å². The fourth-order valence-electron chi connectivity index (χ4n) is 4.00. The number of carbonyl (C=O) groups is 2. The molecule has 0 bridgehead atoms. The molecule has 0 saturated carbocycles. The van der Waals surface area contributed by atoms with Gasteiger partial charge in [-0.1, -0.05) is 17.7 Å². The largest absolute Gasteiger partial charge is 0.478 e. The number of likely N-dealkylation sites (tertiary alicyclic amines) is 1. The van der Waals surface area contributed by atoms with Crippen LogP contribution in [0.4, 0.5) is 10.6 Å². The Bertz CT molecular complexity index is 1280. The molecule has 1 fully saturated rings. The minimum atomic E-state index is -1.20. The van der Waals surface area contributed by atoms with Gasteiger partial charge in [0.1, 0.15) is 22.7 Å². The van der Waals surface area contributed by atoms with Gasteiger partial charge in [-0.3, -0.25) is 4.68 Å². The number of aromatic nitrogens is 3. The molecule has 2 aromatic heterocycles. The maximum Gasteiger partial charge on any atom is 0.410 e. The lowest BCUT2D eigenvalue weighted by atomic mass is 10.1. The number of nitrogen functional groups attached to an aromatic ring is 1. The van der Waals surface area contributed by atoms with E-state index >= 15 is 0 Å². The highest BCUT2D eigenvalue weighted by Gasteiger charge is 2.28. The topological polar surface area (TPSA) is 133 Å². The predicted octanol–water partition coefficient (Wildman–Crippen LogP) is 5.24. The summed E-state index contributed by atoms with van der Waals surface area (Å²) in [6, 6.07) is 6.37. The third-order valence-electron chi connectivity index (χ3n) is 5.70. The molecule has 3 N–H and O–H groups in total. The van der Waals surface area contributed by atoms with E-state index in [4.69, 9.17) is 26.8 Å². The third kappa shape index (κ3) is 5.71. The van der Waals surface area contributed by atoms with Gasteiger partial charge < -0.3 is 25.2 Å². The molecule has 0 spiro atoms. The molecule has 1 aliphatic heterocycles. The number of amides is 1. The molecule has 11 heteroatoms. The van der Waals surface area contributed by atoms with Crippen molar-refractivity contribution in [2.24, 2.45) is 0 Å². The summed E-state index contributed by atoms with van der Waals surface area (Å²) in [5.74, 6) is -0.524. The van der Waals surface area contributed by atoms with E-state index in [1.54, 1.807) is 23.2 Å². The van der Waals surface area contributed by atoms with Crippen molar-refractivity contribution in [3.8, 4) is 22.6 Å². The van der Waals surface area contributed by atoms with Gasteiger partial charge in [0.05, 0.1) is 23.5 Å². The fraction of sp³-hybridized carbons (Fsp3) is 0.360. The van der Waals surface area contributed by atoms with Crippen molar-refractivity contribution in [2.75, 3.05) is 18.8 Å². The molecule has 3 heterocycles. The number of rotatable bonds is 5. The average Bonchev–Trinajstić information content (AvgIpc) is 3.29. The Balaban J connectivity index is 1.53. The van der Waals surface area contributed by atoms with Crippen molar-refractivity contribution in [3.05, 3.63) is 53.4 Å². The normalized spacial score (nSPS) is 14.5. The second-order valence-electron chi connectivity index (χ2n) is 9.53. The lowest BCUT2D eigenvalue weighted by molar-refractivity contribution is 0.0184. The van der Waals surface area contributed by atoms with E-state index in [-0.39, 0.29) is 34.3 Å². The molecule has 1 amide bonds. The quantitative estimate of drug-likeness (QED) is 0.473. The highest BCUT2D eigenvalue weighted by atomic mass is 35.5. The number of pyridine rings is 1. The number of piperidine rings is 1. The standard InChI is InChI=1S/C25H28ClN5O5/c1-25(2,3)36-24(34)30-9-7-16(8-10-30)31-14-15(12-29-31)17-11-21(27)28-13-20(17)35-19-6-4-5-18(26)22(19)23(32)33/h4-6,11-14,16H,7-10H2,1-3H3,(H2,27,28)(H,32,33). The van der Waals surface area contributed by atoms with Crippen LogP contribution in [0, 0.1) is 0 Å². The first-order valence-corrected chi connectivity index (χ1v) is 11.9. The summed E-state index contributed by atoms with van der Waals surface area (Å²) in [7, 11) is 0. The number of hydrogen-bond acceptors (Lipinski definition) is 7. The van der Waals surface area contributed by atoms with Crippen molar-refractivity contribution in [3.63, 3.8) is 0 Å². The van der Waals surface area contributed by atoms with E-state index in [1.807, 2.05) is 31.6 Å². The van der Waals surface area contributed by atoms with E-state index in [1.165, 1.54) is 18.3 Å². The van der Waals surface area contributed by atoms with Crippen LogP contribution >= 0.6 is 11.6 Å². The van der Waals surface area contributed by atoms with Gasteiger partial charge in [0.2, 0.25) is 0 Å². The summed E-state index contributed by atoms with van der Waals surface area (Å²) < 4.78 is 13.3. The van der Waals surface area contributed by atoms with Gasteiger partial charge in [0.25, 0.3) is 0 Å². The first-order chi connectivity index (χ1) is 17.0. The Hall–Kier alpha value is -3.79. The minimum absolute atomic E-state index is 0.0653. The highest BCUT2D eigenvalue weighted by molar-refractivity contribution is 6.33. The smallest absolute Gasteiger partial charge is 0.410 e. The molecule has 1 saturated heterocycles. The number of benzene rings is 1. The van der Waals surface area contributed by atoms with Crippen LogP contribution in [0.15, 0.2) is 42.9 Å². The van der Waals surface area contributed by atoms with Gasteiger partial charge in [-0.05, 0) is 51.8 Å². The second-order valence-corrected chi connectivity index (χ2v) is 9.94. The molecule has 0 aliphatic carbocycles. The van der Waals surface area contributed by atoms with E-state index in [9.17, 15) is 14.7 Å². The molecule has 190 valence electrons. The SMILES string of the molecule is CC(C)(C)OC(=O)N1CCC(n2cc(-c3cc(N)ncc3Oc3cccc(Cl)c3C(=O)O)cn2)CC1. The first-order valence-electron chi connectivity index (χ1n) is 11.5. The summed E-state index contributed by atoms with van der Waals surface area (Å²) in [6.45, 7) is 6.68. The van der Waals surface area contributed by atoms with Gasteiger partial charge in [-0.25, -0.2) is 14.6 Å². The van der Waals surface area contributed by atoms with E-state index < -0.39 is 11.6 Å². The Morgan fingerprint density at radius 3 is 2.56 bits per heavy atom. The molecule has 1 aliphatic rings. The first kappa shape index (κ1) is 25.3. The molecule has 1 aromatic carbocycles. The number of nitrogens with zero attached hydrogens (tertiary/aromatic N) is 4. The molecule has 0 radical (unpaired) electrons. The summed E-state index contributed by atoms with van der Waals surface area (Å²) in [5, 5.41) is 14.2. The summed E-state index contributed by atoms with van der Waals surface area (Å²) in [6.07, 6.45) is 6.16. The number of halogens is 1. The van der Waals surface area contributed by atoms with Crippen LogP contribution in [0.5, 0.6) is 11.5 Å². The highest BCUT2D eigenvalue weighted by Crippen LogP contribution is 2.37. The van der Waals surface area contributed by atoms with Gasteiger partial charge in [0.15, 0.2) is 5.75 Å². The number of ether oxygens (including phenoxy) is 2. The van der Waals surface area contributed by atoms with Gasteiger partial charge in [0, 0.05) is 30.4 Å². The predicted molar refractivity (Wildman–Crippen MR) is 134 cm³/mol. The van der Waals surface area contributed by atoms with Crippen molar-refractivity contribution in [1.82, 2.24) is 19.7 Å². The number of anilines is 1. The van der Waals surface area contributed by atoms with Crippen molar-refractivity contribution in [1.29, 1.82) is 0 Å². The number of carboxylic acids is 1. The van der Waals surface area contributed by atoms with E-state index in [0.29, 0.717) is 24.4 Å². The fourth-order valence-corrected chi connectivity index (χ4v) is 4.24. The monoisotopic (exact) mass is 513 g/mol. The number of carboxylic acid groups (broad SMARTS) is 1. The van der Waals surface area contributed by atoms with Crippen LogP contribution in [-0.4, -0.2) is 55.5 Å². The lowest BCUT2D eigenvalue weighted by Gasteiger charge is -2.33. The zero-order valence-electron chi connectivity index (χ0n) is 20.3. The number of hydrogen-bond donors (Lipinski definition) is 2. The van der Waals surface area contributed by atoms with Crippen LogP contribution in [0.1, 0.15) is 50.0 Å². The molecule has 3 aromatic rings. The summed E-state index contributed by atoms with van der Waals surface area (Å²) in [5.41, 5.74) is 6.60. The van der Waals surface area contributed by atoms with E-state index in [2.05, 4.69) is 10.1 Å². The number of carbonyl (C=O) groups excluding carboxylic acids is 1. The Morgan fingerprint density at radius 1 is 1.17 bits per heavy atom. The molecule has 4 rings (SSSR count). The molecule has 36 heavy (non-hydrogen) atoms. The summed E-state index contributed by atoms with van der Waals surface area (Å²) >= 11 is 6.08. The van der Waals surface area contributed by atoms with Crippen LogP contribution in [-0.2, 0) is 4.74 Å². The van der Waals surface area contributed by atoms with Gasteiger partial charge in [-0.15, -0.1) is 0 Å². The average molecular weight is 514 g/mol. The maximum absolute atomic E-state index is 12.4. The van der Waals surface area contributed by atoms with Crippen LogP contribution < -0.4 is 10.5 Å². The Labute approximate surface area is 213 Å². The Morgan fingerprint density at radius 2 is 1.89 bits per heavy atom. The second kappa shape index (κ2) is 10.1.